The molecular weight excluding hydrogens is 248 g/mol. The predicted molar refractivity (Wildman–Crippen MR) is 75.1 cm³/mol. The molecule has 1 saturated carbocycles. The normalized spacial score (nSPS) is 24.3. The lowest BCUT2D eigenvalue weighted by atomic mass is 9.89. The molecule has 1 heterocycles. The highest BCUT2D eigenvalue weighted by atomic mass is 35.5. The number of hydrogen-bond donors (Lipinski definition) is 1. The highest BCUT2D eigenvalue weighted by molar-refractivity contribution is 6.30. The molecule has 1 aliphatic carbocycles. The van der Waals surface area contributed by atoms with Crippen LogP contribution in [-0.4, -0.2) is 41.3 Å². The number of likely N-dealkylation sites (N-methyl/N-ethyl adjacent to an activating group) is 1. The largest absolute Gasteiger partial charge is 0.364 e. The maximum atomic E-state index is 5.89. The Hall–Kier alpha value is -0.870. The first kappa shape index (κ1) is 13.6. The Bertz CT molecular complexity index is 408. The summed E-state index contributed by atoms with van der Waals surface area (Å²) in [5.74, 6) is 0.829. The number of nitrogens with one attached hydrogen (secondary N) is 1. The second-order valence-corrected chi connectivity index (χ2v) is 5.63. The molecule has 0 radical (unpaired) electrons. The molecular formula is C13H21ClN4. The van der Waals surface area contributed by atoms with Gasteiger partial charge in [0.15, 0.2) is 5.15 Å². The molecule has 0 bridgehead atoms. The standard InChI is InChI=1S/C13H21ClN4/c1-9-8-12(16-17-13(9)14)15-10-6-4-5-7-11(10)18(2)3/h8,10-11H,4-7H2,1-3H3,(H,15,16)/t10-,11-/m0/s1. The van der Waals surface area contributed by atoms with E-state index in [9.17, 15) is 0 Å². The van der Waals surface area contributed by atoms with E-state index >= 15 is 0 Å². The molecule has 1 fully saturated rings. The van der Waals surface area contributed by atoms with Gasteiger partial charge < -0.3 is 10.2 Å². The second kappa shape index (κ2) is 5.85. The number of anilines is 1. The molecule has 1 aliphatic rings. The molecule has 0 aliphatic heterocycles. The van der Waals surface area contributed by atoms with Crippen molar-refractivity contribution in [2.45, 2.75) is 44.7 Å². The van der Waals surface area contributed by atoms with E-state index in [2.05, 4.69) is 34.5 Å². The van der Waals surface area contributed by atoms with E-state index in [1.807, 2.05) is 13.0 Å². The maximum absolute atomic E-state index is 5.89. The van der Waals surface area contributed by atoms with Crippen LogP contribution in [0.25, 0.3) is 0 Å². The van der Waals surface area contributed by atoms with Gasteiger partial charge in [0.05, 0.1) is 0 Å². The fourth-order valence-electron chi connectivity index (χ4n) is 2.63. The molecule has 0 spiro atoms. The van der Waals surface area contributed by atoms with Crippen molar-refractivity contribution < 1.29 is 0 Å². The van der Waals surface area contributed by atoms with Gasteiger partial charge in [-0.3, -0.25) is 0 Å². The smallest absolute Gasteiger partial charge is 0.154 e. The van der Waals surface area contributed by atoms with Gasteiger partial charge in [-0.05, 0) is 45.5 Å². The molecule has 0 saturated heterocycles. The number of aryl methyl sites for hydroxylation is 1. The zero-order valence-electron chi connectivity index (χ0n) is 11.3. The third-order valence-corrected chi connectivity index (χ3v) is 4.02. The molecule has 0 amide bonds. The molecule has 1 N–H and O–H groups in total. The quantitative estimate of drug-likeness (QED) is 0.915. The van der Waals surface area contributed by atoms with Gasteiger partial charge in [-0.1, -0.05) is 24.4 Å². The lowest BCUT2D eigenvalue weighted by molar-refractivity contribution is 0.211. The summed E-state index contributed by atoms with van der Waals surface area (Å²) in [6.07, 6.45) is 5.02. The minimum atomic E-state index is 0.448. The Morgan fingerprint density at radius 1 is 1.28 bits per heavy atom. The SMILES string of the molecule is Cc1cc(N[C@H]2CCCC[C@@H]2N(C)C)nnc1Cl. The number of hydrogen-bond acceptors (Lipinski definition) is 4. The molecule has 0 unspecified atom stereocenters. The van der Waals surface area contributed by atoms with Gasteiger partial charge >= 0.3 is 0 Å². The van der Waals surface area contributed by atoms with Gasteiger partial charge in [-0.2, -0.15) is 0 Å². The van der Waals surface area contributed by atoms with Crippen molar-refractivity contribution in [1.82, 2.24) is 15.1 Å². The minimum Gasteiger partial charge on any atom is -0.364 e. The number of rotatable bonds is 3. The Morgan fingerprint density at radius 2 is 2.00 bits per heavy atom. The van der Waals surface area contributed by atoms with Crippen LogP contribution in [-0.2, 0) is 0 Å². The first-order valence-electron chi connectivity index (χ1n) is 6.50. The van der Waals surface area contributed by atoms with Crippen LogP contribution < -0.4 is 5.32 Å². The third kappa shape index (κ3) is 3.12. The first-order chi connectivity index (χ1) is 8.58. The van der Waals surface area contributed by atoms with E-state index in [1.54, 1.807) is 0 Å². The number of aromatic nitrogens is 2. The highest BCUT2D eigenvalue weighted by Crippen LogP contribution is 2.25. The van der Waals surface area contributed by atoms with Gasteiger partial charge in [-0.25, -0.2) is 0 Å². The molecule has 1 aromatic rings. The maximum Gasteiger partial charge on any atom is 0.154 e. The predicted octanol–water partition coefficient (Wildman–Crippen LogP) is 2.72. The van der Waals surface area contributed by atoms with Crippen LogP contribution in [0.5, 0.6) is 0 Å². The van der Waals surface area contributed by atoms with Crippen molar-refractivity contribution in [2.75, 3.05) is 19.4 Å². The van der Waals surface area contributed by atoms with E-state index in [0.717, 1.165) is 11.4 Å². The lowest BCUT2D eigenvalue weighted by Crippen LogP contribution is -2.45. The number of nitrogens with zero attached hydrogens (tertiary/aromatic N) is 3. The van der Waals surface area contributed by atoms with Gasteiger partial charge in [0.2, 0.25) is 0 Å². The van der Waals surface area contributed by atoms with E-state index < -0.39 is 0 Å². The van der Waals surface area contributed by atoms with Crippen LogP contribution in [0.3, 0.4) is 0 Å². The minimum absolute atomic E-state index is 0.448. The van der Waals surface area contributed by atoms with Crippen LogP contribution in [0.4, 0.5) is 5.82 Å². The fraction of sp³-hybridized carbons (Fsp3) is 0.692. The summed E-state index contributed by atoms with van der Waals surface area (Å²) in [7, 11) is 4.28. The van der Waals surface area contributed by atoms with Crippen molar-refractivity contribution in [2.24, 2.45) is 0 Å². The van der Waals surface area contributed by atoms with Crippen LogP contribution in [0.1, 0.15) is 31.2 Å². The van der Waals surface area contributed by atoms with Crippen molar-refractivity contribution in [3.8, 4) is 0 Å². The lowest BCUT2D eigenvalue weighted by Gasteiger charge is -2.36. The van der Waals surface area contributed by atoms with Crippen molar-refractivity contribution >= 4 is 17.4 Å². The number of halogens is 1. The van der Waals surface area contributed by atoms with Crippen molar-refractivity contribution in [3.63, 3.8) is 0 Å². The summed E-state index contributed by atoms with van der Waals surface area (Å²) in [5, 5.41) is 12.1. The van der Waals surface area contributed by atoms with E-state index in [1.165, 1.54) is 25.7 Å². The monoisotopic (exact) mass is 268 g/mol. The Balaban J connectivity index is 2.08. The average Bonchev–Trinajstić information content (AvgIpc) is 2.34. The molecule has 4 nitrogen and oxygen atoms in total. The second-order valence-electron chi connectivity index (χ2n) is 5.27. The van der Waals surface area contributed by atoms with Crippen LogP contribution in [0.2, 0.25) is 5.15 Å². The van der Waals surface area contributed by atoms with Gasteiger partial charge in [0, 0.05) is 12.1 Å². The van der Waals surface area contributed by atoms with Gasteiger partial charge in [-0.15, -0.1) is 10.2 Å². The highest BCUT2D eigenvalue weighted by Gasteiger charge is 2.26. The summed E-state index contributed by atoms with van der Waals surface area (Å²) in [4.78, 5) is 2.30. The zero-order chi connectivity index (χ0) is 13.1. The molecule has 1 aromatic heterocycles. The molecule has 2 rings (SSSR count). The summed E-state index contributed by atoms with van der Waals surface area (Å²) in [6.45, 7) is 1.95. The summed E-state index contributed by atoms with van der Waals surface area (Å²) in [5.41, 5.74) is 0.964. The molecule has 100 valence electrons. The summed E-state index contributed by atoms with van der Waals surface area (Å²) >= 11 is 5.89. The Kier molecular flexibility index (Phi) is 4.40. The van der Waals surface area contributed by atoms with E-state index in [-0.39, 0.29) is 0 Å². The van der Waals surface area contributed by atoms with Gasteiger partial charge in [0.25, 0.3) is 0 Å². The zero-order valence-corrected chi connectivity index (χ0v) is 12.0. The molecule has 5 heteroatoms. The average molecular weight is 269 g/mol. The van der Waals surface area contributed by atoms with Crippen LogP contribution in [0, 0.1) is 6.92 Å². The van der Waals surface area contributed by atoms with E-state index in [4.69, 9.17) is 11.6 Å². The molecule has 2 atom stereocenters. The van der Waals surface area contributed by atoms with Gasteiger partial charge in [0.1, 0.15) is 5.82 Å². The molecule has 0 aromatic carbocycles. The summed E-state index contributed by atoms with van der Waals surface area (Å²) in [6, 6.07) is 2.98. The van der Waals surface area contributed by atoms with Crippen molar-refractivity contribution in [1.29, 1.82) is 0 Å². The van der Waals surface area contributed by atoms with Crippen molar-refractivity contribution in [3.05, 3.63) is 16.8 Å². The van der Waals surface area contributed by atoms with Crippen LogP contribution >= 0.6 is 11.6 Å². The summed E-state index contributed by atoms with van der Waals surface area (Å²) < 4.78 is 0. The molecule has 18 heavy (non-hydrogen) atoms. The fourth-order valence-corrected chi connectivity index (χ4v) is 2.72. The topological polar surface area (TPSA) is 41.0 Å². The Morgan fingerprint density at radius 3 is 2.67 bits per heavy atom. The first-order valence-corrected chi connectivity index (χ1v) is 6.88. The third-order valence-electron chi connectivity index (χ3n) is 3.65. The Labute approximate surface area is 114 Å². The van der Waals surface area contributed by atoms with Crippen LogP contribution in [0.15, 0.2) is 6.07 Å². The van der Waals surface area contributed by atoms with E-state index in [0.29, 0.717) is 17.2 Å².